The molecule has 1 aliphatic heterocycles. The lowest BCUT2D eigenvalue weighted by Gasteiger charge is -2.30. The molecule has 3 atom stereocenters. The molecule has 4 heteroatoms. The van der Waals surface area contributed by atoms with Gasteiger partial charge in [-0.2, -0.15) is 0 Å². The van der Waals surface area contributed by atoms with Gasteiger partial charge in [-0.25, -0.2) is 0 Å². The Balaban J connectivity index is 2.53. The van der Waals surface area contributed by atoms with Gasteiger partial charge >= 0.3 is 0 Å². The molecule has 0 unspecified atom stereocenters. The molecule has 0 bridgehead atoms. The van der Waals surface area contributed by atoms with Gasteiger partial charge in [0.2, 0.25) is 0 Å². The van der Waals surface area contributed by atoms with Crippen LogP contribution in [-0.4, -0.2) is 43.2 Å². The van der Waals surface area contributed by atoms with E-state index in [1.165, 1.54) is 0 Å². The molecule has 1 fully saturated rings. The molecule has 0 aromatic heterocycles. The molecule has 1 rings (SSSR count). The number of hydrogen-bond acceptors (Lipinski definition) is 3. The molecule has 1 heterocycles. The second-order valence-electron chi connectivity index (χ2n) is 5.36. The van der Waals surface area contributed by atoms with E-state index in [-0.39, 0.29) is 18.8 Å². The number of ether oxygens (including phenoxy) is 1. The minimum Gasteiger partial charge on any atom is -0.394 e. The fourth-order valence-corrected chi connectivity index (χ4v) is 2.25. The third-order valence-corrected chi connectivity index (χ3v) is 3.41. The minimum absolute atomic E-state index is 0.0633. The molecule has 3 nitrogen and oxygen atoms in total. The predicted octanol–water partition coefficient (Wildman–Crippen LogP) is 1.16. The molecule has 0 aliphatic carbocycles. The first kappa shape index (κ1) is 13.7. The highest BCUT2D eigenvalue weighted by Crippen LogP contribution is 2.21. The average Bonchev–Trinajstić information content (AvgIpc) is 2.25. The molecule has 0 aromatic carbocycles. The summed E-state index contributed by atoms with van der Waals surface area (Å²) in [5.74, 6) is 3.17. The maximum atomic E-state index is 9.51. The highest BCUT2D eigenvalue weighted by atomic mass is 28.3. The van der Waals surface area contributed by atoms with Crippen molar-refractivity contribution in [2.75, 3.05) is 6.61 Å². The van der Waals surface area contributed by atoms with Crippen molar-refractivity contribution in [1.29, 1.82) is 0 Å². The molecule has 0 radical (unpaired) electrons. The summed E-state index contributed by atoms with van der Waals surface area (Å²) in [7, 11) is -1.35. The van der Waals surface area contributed by atoms with Crippen molar-refractivity contribution in [1.82, 2.24) is 0 Å². The van der Waals surface area contributed by atoms with E-state index in [2.05, 4.69) is 31.1 Å². The predicted molar refractivity (Wildman–Crippen MR) is 66.7 cm³/mol. The van der Waals surface area contributed by atoms with E-state index >= 15 is 0 Å². The van der Waals surface area contributed by atoms with Crippen LogP contribution in [0.25, 0.3) is 0 Å². The highest BCUT2D eigenvalue weighted by Gasteiger charge is 2.26. The number of aliphatic hydroxyl groups excluding tert-OH is 2. The standard InChI is InChI=1S/C12H22O3Si/c1-16(2,3)8-7-10-5-4-6-12(15-10)11(14)9-13/h10-14H,4-6,9H2,1-3H3/t10-,11-,12+/m1/s1. The second-order valence-corrected chi connectivity index (χ2v) is 10.1. The Morgan fingerprint density at radius 2 is 2.06 bits per heavy atom. The molecule has 92 valence electrons. The van der Waals surface area contributed by atoms with Gasteiger partial charge in [-0.3, -0.25) is 0 Å². The molecular weight excluding hydrogens is 220 g/mol. The number of hydrogen-bond donors (Lipinski definition) is 2. The lowest BCUT2D eigenvalue weighted by molar-refractivity contribution is -0.0986. The zero-order chi connectivity index (χ0) is 12.2. The summed E-state index contributed by atoms with van der Waals surface area (Å²) in [4.78, 5) is 0. The van der Waals surface area contributed by atoms with Crippen molar-refractivity contribution in [3.63, 3.8) is 0 Å². The van der Waals surface area contributed by atoms with Gasteiger partial charge in [0.05, 0.1) is 12.7 Å². The van der Waals surface area contributed by atoms with Crippen LogP contribution in [0.15, 0.2) is 0 Å². The molecule has 0 saturated carbocycles. The van der Waals surface area contributed by atoms with E-state index in [9.17, 15) is 5.11 Å². The average molecular weight is 242 g/mol. The van der Waals surface area contributed by atoms with Gasteiger partial charge < -0.3 is 14.9 Å². The molecule has 1 aliphatic rings. The number of aliphatic hydroxyl groups is 2. The van der Waals surface area contributed by atoms with Crippen molar-refractivity contribution in [2.45, 2.75) is 57.2 Å². The first-order valence-electron chi connectivity index (χ1n) is 5.89. The highest BCUT2D eigenvalue weighted by molar-refractivity contribution is 6.83. The summed E-state index contributed by atoms with van der Waals surface area (Å²) in [6, 6.07) is 0. The SMILES string of the molecule is C[Si](C)(C)C#C[C@H]1CCC[C@@H]([C@H](O)CO)O1. The largest absolute Gasteiger partial charge is 0.394 e. The summed E-state index contributed by atoms with van der Waals surface area (Å²) in [6.45, 7) is 6.35. The van der Waals surface area contributed by atoms with Crippen LogP contribution in [0.4, 0.5) is 0 Å². The zero-order valence-corrected chi connectivity index (χ0v) is 11.4. The van der Waals surface area contributed by atoms with Gasteiger partial charge in [-0.05, 0) is 19.3 Å². The summed E-state index contributed by atoms with van der Waals surface area (Å²) in [6.07, 6.45) is 1.68. The van der Waals surface area contributed by atoms with Crippen LogP contribution in [0.3, 0.4) is 0 Å². The van der Waals surface area contributed by atoms with Gasteiger partial charge in [0.1, 0.15) is 20.3 Å². The lowest BCUT2D eigenvalue weighted by Crippen LogP contribution is -2.38. The Morgan fingerprint density at radius 1 is 1.38 bits per heavy atom. The third kappa shape index (κ3) is 4.66. The van der Waals surface area contributed by atoms with Gasteiger partial charge in [-0.1, -0.05) is 25.6 Å². The summed E-state index contributed by atoms with van der Waals surface area (Å²) >= 11 is 0. The molecule has 0 spiro atoms. The Kier molecular flexibility index (Phi) is 5.00. The Labute approximate surface area is 98.8 Å². The van der Waals surface area contributed by atoms with Crippen LogP contribution in [0.1, 0.15) is 19.3 Å². The Hall–Kier alpha value is -0.343. The van der Waals surface area contributed by atoms with E-state index in [0.29, 0.717) is 0 Å². The van der Waals surface area contributed by atoms with Crippen molar-refractivity contribution in [3.8, 4) is 11.5 Å². The van der Waals surface area contributed by atoms with E-state index < -0.39 is 14.2 Å². The molecule has 1 saturated heterocycles. The second kappa shape index (κ2) is 5.83. The smallest absolute Gasteiger partial charge is 0.129 e. The van der Waals surface area contributed by atoms with Crippen LogP contribution in [0.5, 0.6) is 0 Å². The molecule has 0 aromatic rings. The maximum Gasteiger partial charge on any atom is 0.129 e. The molecule has 2 N–H and O–H groups in total. The quantitative estimate of drug-likeness (QED) is 0.564. The lowest BCUT2D eigenvalue weighted by atomic mass is 10.0. The fraction of sp³-hybridized carbons (Fsp3) is 0.833. The zero-order valence-electron chi connectivity index (χ0n) is 10.4. The first-order chi connectivity index (χ1) is 7.42. The van der Waals surface area contributed by atoms with E-state index in [0.717, 1.165) is 19.3 Å². The van der Waals surface area contributed by atoms with Crippen LogP contribution < -0.4 is 0 Å². The Bertz CT molecular complexity index is 274. The summed E-state index contributed by atoms with van der Waals surface area (Å²) in [5, 5.41) is 18.4. The first-order valence-corrected chi connectivity index (χ1v) is 9.39. The maximum absolute atomic E-state index is 9.51. The van der Waals surface area contributed by atoms with E-state index in [1.807, 2.05) is 0 Å². The normalized spacial score (nSPS) is 28.1. The molecule has 16 heavy (non-hydrogen) atoms. The van der Waals surface area contributed by atoms with Gasteiger partial charge in [-0.15, -0.1) is 5.54 Å². The van der Waals surface area contributed by atoms with E-state index in [4.69, 9.17) is 9.84 Å². The van der Waals surface area contributed by atoms with Crippen molar-refractivity contribution >= 4 is 8.07 Å². The van der Waals surface area contributed by atoms with Crippen LogP contribution in [0, 0.1) is 11.5 Å². The topological polar surface area (TPSA) is 49.7 Å². The van der Waals surface area contributed by atoms with Crippen molar-refractivity contribution in [3.05, 3.63) is 0 Å². The van der Waals surface area contributed by atoms with Gasteiger partial charge in [0.25, 0.3) is 0 Å². The molecular formula is C12H22O3Si. The van der Waals surface area contributed by atoms with Crippen LogP contribution >= 0.6 is 0 Å². The third-order valence-electron chi connectivity index (χ3n) is 2.52. The van der Waals surface area contributed by atoms with Crippen LogP contribution in [0.2, 0.25) is 19.6 Å². The van der Waals surface area contributed by atoms with Crippen LogP contribution in [-0.2, 0) is 4.74 Å². The number of rotatable bonds is 2. The van der Waals surface area contributed by atoms with Crippen molar-refractivity contribution < 1.29 is 14.9 Å². The summed E-state index contributed by atoms with van der Waals surface area (Å²) in [5.41, 5.74) is 3.29. The molecule has 0 amide bonds. The van der Waals surface area contributed by atoms with Gasteiger partial charge in [0.15, 0.2) is 0 Å². The van der Waals surface area contributed by atoms with E-state index in [1.54, 1.807) is 0 Å². The monoisotopic (exact) mass is 242 g/mol. The fourth-order valence-electron chi connectivity index (χ4n) is 1.66. The summed E-state index contributed by atoms with van der Waals surface area (Å²) < 4.78 is 5.67. The Morgan fingerprint density at radius 3 is 2.62 bits per heavy atom. The van der Waals surface area contributed by atoms with Crippen molar-refractivity contribution in [2.24, 2.45) is 0 Å². The van der Waals surface area contributed by atoms with Gasteiger partial charge in [0, 0.05) is 0 Å². The minimum atomic E-state index is -1.35.